The fourth-order valence-corrected chi connectivity index (χ4v) is 3.59. The van der Waals surface area contributed by atoms with E-state index in [1.54, 1.807) is 24.3 Å². The van der Waals surface area contributed by atoms with Gasteiger partial charge in [0.25, 0.3) is 11.6 Å². The summed E-state index contributed by atoms with van der Waals surface area (Å²) in [6.45, 7) is 3.80. The minimum absolute atomic E-state index is 0. The number of hydrogen-bond acceptors (Lipinski definition) is 7. The molecule has 0 aromatic heterocycles. The van der Waals surface area contributed by atoms with Gasteiger partial charge in [-0.15, -0.1) is 12.4 Å². The molecule has 0 bridgehead atoms. The molecule has 9 nitrogen and oxygen atoms in total. The summed E-state index contributed by atoms with van der Waals surface area (Å²) < 4.78 is 10.5. The number of nitro benzene ring substituents is 1. The van der Waals surface area contributed by atoms with Gasteiger partial charge < -0.3 is 25.4 Å². The lowest BCUT2D eigenvalue weighted by molar-refractivity contribution is -0.384. The number of carbonyl (C=O) groups excluding carboxylic acids is 1. The molecule has 0 aliphatic carbocycles. The highest BCUT2D eigenvalue weighted by Gasteiger charge is 2.25. The fourth-order valence-electron chi connectivity index (χ4n) is 3.59. The number of amides is 1. The number of anilines is 3. The minimum atomic E-state index is -0.488. The molecule has 2 aromatic rings. The maximum Gasteiger partial charge on any atom is 0.293 e. The summed E-state index contributed by atoms with van der Waals surface area (Å²) >= 11 is 0. The molecule has 1 fully saturated rings. The van der Waals surface area contributed by atoms with E-state index in [0.717, 1.165) is 25.9 Å². The number of benzene rings is 2. The highest BCUT2D eigenvalue weighted by Crippen LogP contribution is 2.38. The SMILES string of the molecule is CC1CCN(c2ccc(C(=O)Nc3cc4c(cc3N)OCO4)cc2[N+](=O)[O-])CC1.Cl. The van der Waals surface area contributed by atoms with Crippen LogP contribution in [-0.2, 0) is 0 Å². The van der Waals surface area contributed by atoms with Gasteiger partial charge in [0.1, 0.15) is 5.69 Å². The average Bonchev–Trinajstić information content (AvgIpc) is 3.15. The number of carbonyl (C=O) groups is 1. The first-order valence-electron chi connectivity index (χ1n) is 9.46. The van der Waals surface area contributed by atoms with Crippen LogP contribution in [0.1, 0.15) is 30.1 Å². The largest absolute Gasteiger partial charge is 0.454 e. The van der Waals surface area contributed by atoms with Crippen molar-refractivity contribution >= 4 is 41.1 Å². The van der Waals surface area contributed by atoms with Crippen molar-refractivity contribution < 1.29 is 19.2 Å². The van der Waals surface area contributed by atoms with Crippen LogP contribution in [0.5, 0.6) is 11.5 Å². The molecular weight excluding hydrogens is 412 g/mol. The van der Waals surface area contributed by atoms with E-state index in [2.05, 4.69) is 12.2 Å². The number of nitrogens with two attached hydrogens (primary N) is 1. The van der Waals surface area contributed by atoms with Crippen LogP contribution in [0.15, 0.2) is 30.3 Å². The van der Waals surface area contributed by atoms with Crippen LogP contribution >= 0.6 is 12.4 Å². The summed E-state index contributed by atoms with van der Waals surface area (Å²) in [4.78, 5) is 25.9. The summed E-state index contributed by atoms with van der Waals surface area (Å²) in [7, 11) is 0. The molecule has 0 atom stereocenters. The van der Waals surface area contributed by atoms with Crippen LogP contribution in [0.2, 0.25) is 0 Å². The molecule has 2 aliphatic heterocycles. The Hall–Kier alpha value is -3.20. The van der Waals surface area contributed by atoms with Gasteiger partial charge in [0.15, 0.2) is 11.5 Å². The predicted octanol–water partition coefficient (Wildman–Crippen LogP) is 3.82. The number of rotatable bonds is 4. The molecule has 0 spiro atoms. The van der Waals surface area contributed by atoms with Crippen LogP contribution in [0, 0.1) is 16.0 Å². The summed E-state index contributed by atoms with van der Waals surface area (Å²) in [5, 5.41) is 14.3. The molecule has 0 unspecified atom stereocenters. The molecule has 2 heterocycles. The molecular formula is C20H23ClN4O5. The van der Waals surface area contributed by atoms with Gasteiger partial charge in [-0.05, 0) is 30.9 Å². The van der Waals surface area contributed by atoms with E-state index in [9.17, 15) is 14.9 Å². The van der Waals surface area contributed by atoms with Gasteiger partial charge in [-0.2, -0.15) is 0 Å². The number of halogens is 1. The molecule has 4 rings (SSSR count). The zero-order valence-electron chi connectivity index (χ0n) is 16.4. The topological polar surface area (TPSA) is 120 Å². The molecule has 0 radical (unpaired) electrons. The lowest BCUT2D eigenvalue weighted by atomic mass is 9.98. The first-order chi connectivity index (χ1) is 13.9. The van der Waals surface area contributed by atoms with E-state index in [4.69, 9.17) is 15.2 Å². The lowest BCUT2D eigenvalue weighted by Gasteiger charge is -2.31. The molecule has 0 saturated carbocycles. The number of piperidine rings is 1. The Kier molecular flexibility index (Phi) is 6.21. The van der Waals surface area contributed by atoms with Crippen LogP contribution in [0.4, 0.5) is 22.7 Å². The average molecular weight is 435 g/mol. The standard InChI is InChI=1S/C20H22N4O5.ClH/c1-12-4-6-23(7-5-12)16-3-2-13(8-17(16)24(26)27)20(25)22-15-10-19-18(9-14(15)21)28-11-29-19;/h2-3,8-10,12H,4-7,11,21H2,1H3,(H,22,25);1H. The van der Waals surface area contributed by atoms with Gasteiger partial charge in [-0.3, -0.25) is 14.9 Å². The molecule has 160 valence electrons. The number of fused-ring (bicyclic) bond motifs is 1. The Morgan fingerprint density at radius 3 is 2.53 bits per heavy atom. The van der Waals surface area contributed by atoms with Gasteiger partial charge >= 0.3 is 0 Å². The summed E-state index contributed by atoms with van der Waals surface area (Å²) in [6, 6.07) is 7.70. The van der Waals surface area contributed by atoms with Gasteiger partial charge in [0.05, 0.1) is 16.3 Å². The lowest BCUT2D eigenvalue weighted by Crippen LogP contribution is -2.33. The van der Waals surface area contributed by atoms with E-state index in [1.165, 1.54) is 6.07 Å². The summed E-state index contributed by atoms with van der Waals surface area (Å²) in [5.41, 5.74) is 7.29. The quantitative estimate of drug-likeness (QED) is 0.426. The Labute approximate surface area is 179 Å². The van der Waals surface area contributed by atoms with Crippen molar-refractivity contribution in [3.63, 3.8) is 0 Å². The van der Waals surface area contributed by atoms with E-state index in [-0.39, 0.29) is 30.5 Å². The van der Waals surface area contributed by atoms with Gasteiger partial charge in [0, 0.05) is 36.9 Å². The zero-order valence-corrected chi connectivity index (χ0v) is 17.2. The van der Waals surface area contributed by atoms with E-state index < -0.39 is 10.8 Å². The van der Waals surface area contributed by atoms with Gasteiger partial charge in [-0.25, -0.2) is 0 Å². The van der Waals surface area contributed by atoms with E-state index in [0.29, 0.717) is 34.5 Å². The minimum Gasteiger partial charge on any atom is -0.454 e. The molecule has 1 saturated heterocycles. The first-order valence-corrected chi connectivity index (χ1v) is 9.46. The smallest absolute Gasteiger partial charge is 0.293 e. The molecule has 2 aromatic carbocycles. The fraction of sp³-hybridized carbons (Fsp3) is 0.350. The molecule has 1 amide bonds. The first kappa shape index (κ1) is 21.5. The highest BCUT2D eigenvalue weighted by atomic mass is 35.5. The summed E-state index contributed by atoms with van der Waals surface area (Å²) in [5.74, 6) is 1.12. The third-order valence-corrected chi connectivity index (χ3v) is 5.35. The number of nitrogen functional groups attached to an aromatic ring is 1. The van der Waals surface area contributed by atoms with Crippen LogP contribution < -0.4 is 25.4 Å². The van der Waals surface area contributed by atoms with Gasteiger partial charge in [0.2, 0.25) is 6.79 Å². The van der Waals surface area contributed by atoms with E-state index >= 15 is 0 Å². The van der Waals surface area contributed by atoms with Crippen molar-refractivity contribution in [1.29, 1.82) is 0 Å². The highest BCUT2D eigenvalue weighted by molar-refractivity contribution is 6.06. The van der Waals surface area contributed by atoms with Crippen molar-refractivity contribution in [3.8, 4) is 11.5 Å². The van der Waals surface area contributed by atoms with E-state index in [1.807, 2.05) is 4.90 Å². The van der Waals surface area contributed by atoms with Gasteiger partial charge in [-0.1, -0.05) is 6.92 Å². The van der Waals surface area contributed by atoms with Crippen molar-refractivity contribution in [1.82, 2.24) is 0 Å². The maximum atomic E-state index is 12.7. The molecule has 10 heteroatoms. The third-order valence-electron chi connectivity index (χ3n) is 5.35. The number of nitro groups is 1. The number of nitrogens with one attached hydrogen (secondary N) is 1. The molecule has 3 N–H and O–H groups in total. The number of nitrogens with zero attached hydrogens (tertiary/aromatic N) is 2. The maximum absolute atomic E-state index is 12.7. The Morgan fingerprint density at radius 1 is 1.20 bits per heavy atom. The number of hydrogen-bond donors (Lipinski definition) is 2. The van der Waals surface area contributed by atoms with Crippen LogP contribution in [0.25, 0.3) is 0 Å². The molecule has 2 aliphatic rings. The third kappa shape index (κ3) is 4.20. The van der Waals surface area contributed by atoms with Crippen molar-refractivity contribution in [2.24, 2.45) is 5.92 Å². The zero-order chi connectivity index (χ0) is 20.5. The van der Waals surface area contributed by atoms with Crippen LogP contribution in [0.3, 0.4) is 0 Å². The van der Waals surface area contributed by atoms with Crippen LogP contribution in [-0.4, -0.2) is 30.7 Å². The second kappa shape index (κ2) is 8.66. The second-order valence-corrected chi connectivity index (χ2v) is 7.38. The van der Waals surface area contributed by atoms with Crippen molar-refractivity contribution in [2.45, 2.75) is 19.8 Å². The normalized spacial score (nSPS) is 15.4. The molecule has 30 heavy (non-hydrogen) atoms. The van der Waals surface area contributed by atoms with Crippen molar-refractivity contribution in [3.05, 3.63) is 46.0 Å². The summed E-state index contributed by atoms with van der Waals surface area (Å²) in [6.07, 6.45) is 1.98. The second-order valence-electron chi connectivity index (χ2n) is 7.38. The predicted molar refractivity (Wildman–Crippen MR) is 116 cm³/mol. The Balaban J connectivity index is 0.00000256. The number of ether oxygens (including phenoxy) is 2. The Bertz CT molecular complexity index is 976. The Morgan fingerprint density at radius 2 is 1.87 bits per heavy atom. The van der Waals surface area contributed by atoms with Crippen molar-refractivity contribution in [2.75, 3.05) is 35.8 Å². The monoisotopic (exact) mass is 434 g/mol.